The molecule has 0 aromatic carbocycles. The van der Waals surface area contributed by atoms with Crippen LogP contribution in [-0.4, -0.2) is 24.1 Å². The number of nitrogens with zero attached hydrogens (tertiary/aromatic N) is 3. The molecule has 2 rings (SSSR count). The molecule has 0 radical (unpaired) electrons. The zero-order valence-electron chi connectivity index (χ0n) is 13.3. The fourth-order valence-corrected chi connectivity index (χ4v) is 3.49. The molecule has 0 spiro atoms. The van der Waals surface area contributed by atoms with Gasteiger partial charge < -0.3 is 4.55 Å². The van der Waals surface area contributed by atoms with Crippen molar-refractivity contribution in [2.45, 2.75) is 44.7 Å². The fraction of sp³-hybridized carbons (Fsp3) is 0.500. The average molecular weight is 378 g/mol. The number of nitrogens with one attached hydrogen (secondary N) is 1. The van der Waals surface area contributed by atoms with Crippen LogP contribution in [0, 0.1) is 0 Å². The van der Waals surface area contributed by atoms with Crippen LogP contribution < -0.4 is 4.72 Å². The topological polar surface area (TPSA) is 73.8 Å². The van der Waals surface area contributed by atoms with Crippen molar-refractivity contribution in [2.75, 3.05) is 0 Å². The predicted molar refractivity (Wildman–Crippen MR) is 87.6 cm³/mol. The van der Waals surface area contributed by atoms with E-state index in [9.17, 15) is 17.7 Å². The van der Waals surface area contributed by atoms with Crippen LogP contribution in [-0.2, 0) is 17.5 Å². The van der Waals surface area contributed by atoms with Gasteiger partial charge in [0.1, 0.15) is 22.0 Å². The summed E-state index contributed by atoms with van der Waals surface area (Å²) >= 11 is -0.149. The third kappa shape index (κ3) is 4.65. The largest absolute Gasteiger partial charge is 0.598 e. The lowest BCUT2D eigenvalue weighted by Gasteiger charge is -2.19. The molecular formula is C14H17F3N4OS2. The van der Waals surface area contributed by atoms with E-state index in [2.05, 4.69) is 19.1 Å². The van der Waals surface area contributed by atoms with Crippen LogP contribution in [0.15, 0.2) is 18.3 Å². The van der Waals surface area contributed by atoms with Gasteiger partial charge in [-0.15, -0.1) is 4.72 Å². The van der Waals surface area contributed by atoms with E-state index in [1.54, 1.807) is 6.92 Å². The van der Waals surface area contributed by atoms with Gasteiger partial charge in [0.25, 0.3) is 0 Å². The summed E-state index contributed by atoms with van der Waals surface area (Å²) in [5, 5.41) is 0.557. The maximum absolute atomic E-state index is 12.7. The SMILES string of the molecule is CC[C@H](C)[S+]([O-])N[C@H](C)c1nc(-c2ccnc(C(F)(F)F)c2)ns1. The Morgan fingerprint density at radius 3 is 2.71 bits per heavy atom. The van der Waals surface area contributed by atoms with E-state index in [1.165, 1.54) is 6.07 Å². The third-order valence-corrected chi connectivity index (χ3v) is 5.90. The summed E-state index contributed by atoms with van der Waals surface area (Å²) in [4.78, 5) is 7.57. The molecule has 132 valence electrons. The van der Waals surface area contributed by atoms with Crippen molar-refractivity contribution >= 4 is 22.9 Å². The van der Waals surface area contributed by atoms with E-state index < -0.39 is 23.2 Å². The van der Waals surface area contributed by atoms with Gasteiger partial charge in [-0.25, -0.2) is 4.98 Å². The van der Waals surface area contributed by atoms with Crippen molar-refractivity contribution in [2.24, 2.45) is 0 Å². The molecule has 10 heteroatoms. The van der Waals surface area contributed by atoms with Crippen molar-refractivity contribution in [1.29, 1.82) is 0 Å². The number of pyridine rings is 1. The van der Waals surface area contributed by atoms with Crippen molar-refractivity contribution in [3.05, 3.63) is 29.0 Å². The predicted octanol–water partition coefficient (Wildman–Crippen LogP) is 3.73. The maximum atomic E-state index is 12.7. The molecule has 0 saturated carbocycles. The minimum atomic E-state index is -4.52. The maximum Gasteiger partial charge on any atom is 0.433 e. The van der Waals surface area contributed by atoms with Gasteiger partial charge in [-0.05, 0) is 43.9 Å². The number of halogens is 3. The first kappa shape index (κ1) is 19.1. The molecule has 0 aliphatic rings. The Balaban J connectivity index is 2.16. The summed E-state index contributed by atoms with van der Waals surface area (Å²) < 4.78 is 57.2. The van der Waals surface area contributed by atoms with E-state index in [0.717, 1.165) is 30.2 Å². The second kappa shape index (κ2) is 7.77. The standard InChI is InChI=1S/C14H17F3N4OS2/c1-4-8(2)24(22)21-9(3)13-19-12(20-23-13)10-5-6-18-11(7-10)14(15,16)17/h5-9,21H,4H2,1-3H3/t8-,9+,24?/m0/s1. The molecule has 1 N–H and O–H groups in total. The Morgan fingerprint density at radius 1 is 1.38 bits per heavy atom. The summed E-state index contributed by atoms with van der Waals surface area (Å²) in [6, 6.07) is 2.03. The Hall–Kier alpha value is -1.23. The highest BCUT2D eigenvalue weighted by atomic mass is 32.2. The average Bonchev–Trinajstić information content (AvgIpc) is 3.03. The highest BCUT2D eigenvalue weighted by Gasteiger charge is 2.33. The summed E-state index contributed by atoms with van der Waals surface area (Å²) in [7, 11) is 0. The first-order valence-corrected chi connectivity index (χ1v) is 9.25. The van der Waals surface area contributed by atoms with Crippen LogP contribution in [0.25, 0.3) is 11.4 Å². The molecular weight excluding hydrogens is 361 g/mol. The zero-order chi connectivity index (χ0) is 17.9. The Labute approximate surface area is 145 Å². The second-order valence-corrected chi connectivity index (χ2v) is 7.66. The Morgan fingerprint density at radius 2 is 2.08 bits per heavy atom. The van der Waals surface area contributed by atoms with Crippen LogP contribution in [0.1, 0.15) is 43.9 Å². The lowest BCUT2D eigenvalue weighted by Crippen LogP contribution is -2.34. The normalized spacial score (nSPS) is 16.0. The molecule has 3 atom stereocenters. The number of alkyl halides is 3. The van der Waals surface area contributed by atoms with Crippen molar-refractivity contribution in [3.63, 3.8) is 0 Å². The van der Waals surface area contributed by atoms with Crippen LogP contribution in [0.5, 0.6) is 0 Å². The fourth-order valence-electron chi connectivity index (χ4n) is 1.75. The van der Waals surface area contributed by atoms with Gasteiger partial charge in [-0.3, -0.25) is 4.98 Å². The molecule has 0 aliphatic carbocycles. The summed E-state index contributed by atoms with van der Waals surface area (Å²) in [6.07, 6.45) is -2.67. The van der Waals surface area contributed by atoms with Crippen molar-refractivity contribution in [1.82, 2.24) is 19.1 Å². The molecule has 2 aromatic heterocycles. The molecule has 0 aliphatic heterocycles. The number of hydrogen-bond acceptors (Lipinski definition) is 6. The number of aromatic nitrogens is 3. The van der Waals surface area contributed by atoms with E-state index in [1.807, 2.05) is 13.8 Å². The molecule has 2 heterocycles. The molecule has 0 fully saturated rings. The van der Waals surface area contributed by atoms with Crippen molar-refractivity contribution < 1.29 is 17.7 Å². The molecule has 0 saturated heterocycles. The van der Waals surface area contributed by atoms with Gasteiger partial charge >= 0.3 is 6.18 Å². The molecule has 5 nitrogen and oxygen atoms in total. The summed E-state index contributed by atoms with van der Waals surface area (Å²) in [5.74, 6) is 0.200. The smallest absolute Gasteiger partial charge is 0.433 e. The van der Waals surface area contributed by atoms with E-state index in [-0.39, 0.29) is 22.7 Å². The minimum Gasteiger partial charge on any atom is -0.598 e. The van der Waals surface area contributed by atoms with Gasteiger partial charge in [0, 0.05) is 23.1 Å². The van der Waals surface area contributed by atoms with Gasteiger partial charge in [-0.1, -0.05) is 6.92 Å². The summed E-state index contributed by atoms with van der Waals surface area (Å²) in [6.45, 7) is 5.61. The molecule has 2 aromatic rings. The summed E-state index contributed by atoms with van der Waals surface area (Å²) in [5.41, 5.74) is -0.740. The number of rotatable bonds is 6. The zero-order valence-corrected chi connectivity index (χ0v) is 14.9. The first-order chi connectivity index (χ1) is 11.2. The van der Waals surface area contributed by atoms with E-state index in [0.29, 0.717) is 5.01 Å². The lowest BCUT2D eigenvalue weighted by atomic mass is 10.2. The van der Waals surface area contributed by atoms with Crippen LogP contribution in [0.4, 0.5) is 13.2 Å². The quantitative estimate of drug-likeness (QED) is 0.776. The monoisotopic (exact) mass is 378 g/mol. The van der Waals surface area contributed by atoms with Gasteiger partial charge in [0.05, 0.1) is 0 Å². The lowest BCUT2D eigenvalue weighted by molar-refractivity contribution is -0.141. The Kier molecular flexibility index (Phi) is 6.18. The van der Waals surface area contributed by atoms with Gasteiger partial charge in [0.2, 0.25) is 0 Å². The second-order valence-electron chi connectivity index (χ2n) is 5.24. The van der Waals surface area contributed by atoms with Crippen LogP contribution >= 0.6 is 11.5 Å². The molecule has 24 heavy (non-hydrogen) atoms. The van der Waals surface area contributed by atoms with Gasteiger partial charge in [-0.2, -0.15) is 17.5 Å². The van der Waals surface area contributed by atoms with Gasteiger partial charge in [0.15, 0.2) is 5.82 Å². The minimum absolute atomic E-state index is 0.00520. The molecule has 1 unspecified atom stereocenters. The highest BCUT2D eigenvalue weighted by Crippen LogP contribution is 2.30. The van der Waals surface area contributed by atoms with E-state index in [4.69, 9.17) is 0 Å². The van der Waals surface area contributed by atoms with E-state index >= 15 is 0 Å². The first-order valence-electron chi connectivity index (χ1n) is 7.26. The third-order valence-electron chi connectivity index (χ3n) is 3.35. The van der Waals surface area contributed by atoms with Crippen LogP contribution in [0.2, 0.25) is 0 Å². The Bertz CT molecular complexity index is 680. The van der Waals surface area contributed by atoms with Crippen molar-refractivity contribution in [3.8, 4) is 11.4 Å². The molecule has 0 amide bonds. The number of hydrogen-bond donors (Lipinski definition) is 1. The van der Waals surface area contributed by atoms with Crippen LogP contribution in [0.3, 0.4) is 0 Å². The highest BCUT2D eigenvalue weighted by molar-refractivity contribution is 7.90. The molecule has 0 bridgehead atoms.